The number of esters is 3. The SMILES string of the molecule is CC/C=C\C/C=C\C/C=C\CCCCCC(=O)OC(COC(=O)CCCCCCCCCC)COC(=O)CCCCCCCCCCCCCCC/C=C\C/C=C\CCCCCCC. The lowest BCUT2D eigenvalue weighted by Gasteiger charge is -2.18. The van der Waals surface area contributed by atoms with Gasteiger partial charge in [-0.2, -0.15) is 0 Å². The summed E-state index contributed by atoms with van der Waals surface area (Å²) in [6.07, 6.45) is 65.2. The van der Waals surface area contributed by atoms with Gasteiger partial charge in [-0.3, -0.25) is 14.4 Å². The zero-order valence-corrected chi connectivity index (χ0v) is 42.3. The maximum Gasteiger partial charge on any atom is 0.306 e. The van der Waals surface area contributed by atoms with Crippen LogP contribution in [0.4, 0.5) is 0 Å². The Hall–Kier alpha value is -2.89. The van der Waals surface area contributed by atoms with Gasteiger partial charge in [0.25, 0.3) is 0 Å². The first-order valence-corrected chi connectivity index (χ1v) is 27.3. The van der Waals surface area contributed by atoms with E-state index in [1.165, 1.54) is 141 Å². The van der Waals surface area contributed by atoms with Crippen LogP contribution < -0.4 is 0 Å². The van der Waals surface area contributed by atoms with E-state index < -0.39 is 6.10 Å². The van der Waals surface area contributed by atoms with Crippen molar-refractivity contribution in [2.45, 2.75) is 277 Å². The minimum atomic E-state index is -0.785. The summed E-state index contributed by atoms with van der Waals surface area (Å²) in [5.41, 5.74) is 0. The Morgan fingerprint density at radius 1 is 0.328 bits per heavy atom. The lowest BCUT2D eigenvalue weighted by molar-refractivity contribution is -0.167. The molecule has 64 heavy (non-hydrogen) atoms. The molecule has 370 valence electrons. The van der Waals surface area contributed by atoms with Crippen molar-refractivity contribution in [3.05, 3.63) is 60.8 Å². The van der Waals surface area contributed by atoms with Gasteiger partial charge in [0.15, 0.2) is 6.10 Å². The van der Waals surface area contributed by atoms with E-state index >= 15 is 0 Å². The molecular formula is C58H102O6. The molecule has 0 aromatic heterocycles. The number of hydrogen-bond acceptors (Lipinski definition) is 6. The van der Waals surface area contributed by atoms with Crippen LogP contribution in [0.25, 0.3) is 0 Å². The monoisotopic (exact) mass is 895 g/mol. The van der Waals surface area contributed by atoms with E-state index in [9.17, 15) is 14.4 Å². The summed E-state index contributed by atoms with van der Waals surface area (Å²) >= 11 is 0. The highest BCUT2D eigenvalue weighted by Crippen LogP contribution is 2.15. The van der Waals surface area contributed by atoms with Gasteiger partial charge in [0.2, 0.25) is 0 Å². The second-order valence-electron chi connectivity index (χ2n) is 18.1. The van der Waals surface area contributed by atoms with E-state index in [-0.39, 0.29) is 31.1 Å². The molecule has 0 amide bonds. The fourth-order valence-corrected chi connectivity index (χ4v) is 7.66. The third kappa shape index (κ3) is 50.1. The number of allylic oxidation sites excluding steroid dienone is 10. The van der Waals surface area contributed by atoms with Crippen LogP contribution in [-0.2, 0) is 28.6 Å². The van der Waals surface area contributed by atoms with Gasteiger partial charge in [-0.1, -0.05) is 229 Å². The molecule has 0 heterocycles. The fraction of sp³-hybridized carbons (Fsp3) is 0.776. The zero-order valence-electron chi connectivity index (χ0n) is 42.3. The largest absolute Gasteiger partial charge is 0.462 e. The molecule has 1 atom stereocenters. The first-order valence-electron chi connectivity index (χ1n) is 27.3. The molecule has 0 aliphatic rings. The van der Waals surface area contributed by atoms with E-state index in [2.05, 4.69) is 81.5 Å². The average molecular weight is 895 g/mol. The Balaban J connectivity index is 4.17. The highest BCUT2D eigenvalue weighted by Gasteiger charge is 2.19. The number of carbonyl (C=O) groups excluding carboxylic acids is 3. The van der Waals surface area contributed by atoms with Crippen molar-refractivity contribution in [2.24, 2.45) is 0 Å². The summed E-state index contributed by atoms with van der Waals surface area (Å²) in [6, 6.07) is 0. The molecule has 0 rings (SSSR count). The minimum Gasteiger partial charge on any atom is -0.462 e. The average Bonchev–Trinajstić information content (AvgIpc) is 3.29. The van der Waals surface area contributed by atoms with E-state index in [1.54, 1.807) is 0 Å². The number of rotatable bonds is 49. The van der Waals surface area contributed by atoms with E-state index in [0.29, 0.717) is 19.3 Å². The normalized spacial score (nSPS) is 12.5. The molecule has 0 saturated heterocycles. The molecular weight excluding hydrogens is 793 g/mol. The predicted molar refractivity (Wildman–Crippen MR) is 275 cm³/mol. The molecule has 0 aliphatic heterocycles. The Morgan fingerprint density at radius 3 is 0.969 bits per heavy atom. The third-order valence-corrected chi connectivity index (χ3v) is 11.8. The van der Waals surface area contributed by atoms with Crippen LogP contribution in [0.15, 0.2) is 60.8 Å². The van der Waals surface area contributed by atoms with Gasteiger partial charge in [0.05, 0.1) is 0 Å². The topological polar surface area (TPSA) is 78.9 Å². The Bertz CT molecular complexity index is 1170. The molecule has 0 aliphatic carbocycles. The standard InChI is InChI=1S/C58H102O6/c1-4-7-10-13-16-19-21-23-24-25-26-27-28-29-30-31-32-33-34-36-37-39-42-45-48-51-57(60)63-54-55(53-62-56(59)50-47-44-41-18-15-12-9-6-3)64-58(61)52-49-46-43-40-38-35-22-20-17-14-11-8-5-2/h8,11,17,20-21,23,25-26,35,38,55H,4-7,9-10,12-16,18-19,22,24,27-34,36-37,39-54H2,1-3H3/b11-8-,20-17-,23-21-,26-25-,38-35-. The minimum absolute atomic E-state index is 0.0847. The molecule has 0 fully saturated rings. The van der Waals surface area contributed by atoms with Crippen molar-refractivity contribution < 1.29 is 28.6 Å². The summed E-state index contributed by atoms with van der Waals surface area (Å²) in [7, 11) is 0. The molecule has 0 aromatic carbocycles. The van der Waals surface area contributed by atoms with Gasteiger partial charge in [-0.05, 0) is 83.5 Å². The third-order valence-electron chi connectivity index (χ3n) is 11.8. The fourth-order valence-electron chi connectivity index (χ4n) is 7.66. The quantitative estimate of drug-likeness (QED) is 0.0262. The molecule has 0 N–H and O–H groups in total. The molecule has 0 aromatic rings. The molecule has 6 nitrogen and oxygen atoms in total. The van der Waals surface area contributed by atoms with Crippen LogP contribution in [0.1, 0.15) is 271 Å². The van der Waals surface area contributed by atoms with Crippen molar-refractivity contribution in [1.29, 1.82) is 0 Å². The van der Waals surface area contributed by atoms with Crippen LogP contribution in [0, 0.1) is 0 Å². The number of unbranched alkanes of at least 4 members (excludes halogenated alkanes) is 28. The molecule has 0 saturated carbocycles. The van der Waals surface area contributed by atoms with Crippen molar-refractivity contribution >= 4 is 17.9 Å². The lowest BCUT2D eigenvalue weighted by Crippen LogP contribution is -2.30. The van der Waals surface area contributed by atoms with Crippen LogP contribution in [0.5, 0.6) is 0 Å². The van der Waals surface area contributed by atoms with Crippen molar-refractivity contribution in [3.63, 3.8) is 0 Å². The van der Waals surface area contributed by atoms with Crippen molar-refractivity contribution in [2.75, 3.05) is 13.2 Å². The molecule has 6 heteroatoms. The summed E-state index contributed by atoms with van der Waals surface area (Å²) in [4.78, 5) is 37.9. The van der Waals surface area contributed by atoms with E-state index in [0.717, 1.165) is 89.9 Å². The summed E-state index contributed by atoms with van der Waals surface area (Å²) in [5, 5.41) is 0. The Labute approximate surface area is 396 Å². The van der Waals surface area contributed by atoms with Gasteiger partial charge in [-0.15, -0.1) is 0 Å². The predicted octanol–water partition coefficient (Wildman–Crippen LogP) is 18.0. The van der Waals surface area contributed by atoms with Gasteiger partial charge in [0, 0.05) is 19.3 Å². The lowest BCUT2D eigenvalue weighted by atomic mass is 10.0. The van der Waals surface area contributed by atoms with Crippen LogP contribution in [0.2, 0.25) is 0 Å². The first kappa shape index (κ1) is 61.1. The van der Waals surface area contributed by atoms with Crippen LogP contribution in [-0.4, -0.2) is 37.2 Å². The summed E-state index contributed by atoms with van der Waals surface area (Å²) < 4.78 is 16.7. The highest BCUT2D eigenvalue weighted by molar-refractivity contribution is 5.71. The zero-order chi connectivity index (χ0) is 46.5. The van der Waals surface area contributed by atoms with Crippen LogP contribution in [0.3, 0.4) is 0 Å². The van der Waals surface area contributed by atoms with E-state index in [1.807, 2.05) is 0 Å². The number of ether oxygens (including phenoxy) is 3. The summed E-state index contributed by atoms with van der Waals surface area (Å²) in [6.45, 7) is 6.47. The van der Waals surface area contributed by atoms with Crippen molar-refractivity contribution in [1.82, 2.24) is 0 Å². The Kier molecular flexibility index (Phi) is 50.4. The van der Waals surface area contributed by atoms with E-state index in [4.69, 9.17) is 14.2 Å². The maximum absolute atomic E-state index is 12.7. The van der Waals surface area contributed by atoms with Crippen LogP contribution >= 0.6 is 0 Å². The molecule has 0 radical (unpaired) electrons. The van der Waals surface area contributed by atoms with Gasteiger partial charge in [0.1, 0.15) is 13.2 Å². The number of hydrogen-bond donors (Lipinski definition) is 0. The maximum atomic E-state index is 12.7. The van der Waals surface area contributed by atoms with Gasteiger partial charge < -0.3 is 14.2 Å². The smallest absolute Gasteiger partial charge is 0.306 e. The summed E-state index contributed by atoms with van der Waals surface area (Å²) in [5.74, 6) is -0.914. The molecule has 0 bridgehead atoms. The second-order valence-corrected chi connectivity index (χ2v) is 18.1. The van der Waals surface area contributed by atoms with Gasteiger partial charge >= 0.3 is 17.9 Å². The number of carbonyl (C=O) groups is 3. The van der Waals surface area contributed by atoms with Crippen molar-refractivity contribution in [3.8, 4) is 0 Å². The second kappa shape index (κ2) is 52.7. The molecule has 0 spiro atoms. The first-order chi connectivity index (χ1) is 31.5. The Morgan fingerprint density at radius 2 is 0.609 bits per heavy atom. The molecule has 1 unspecified atom stereocenters. The highest BCUT2D eigenvalue weighted by atomic mass is 16.6. The van der Waals surface area contributed by atoms with Gasteiger partial charge in [-0.25, -0.2) is 0 Å².